The highest BCUT2D eigenvalue weighted by Gasteiger charge is 1.96. The van der Waals surface area contributed by atoms with Crippen LogP contribution in [-0.4, -0.2) is 29.5 Å². The van der Waals surface area contributed by atoms with E-state index in [0.717, 1.165) is 18.5 Å². The standard InChI is InChI=1S/C16H35N.CH5O3P/c1-15(2)11-7-5-9-13-17-14-10-6-8-12-16(3)4;1-5(2,3)4/h15-17H,5-14H2,1-4H3;1H3,(H2,2,3,4). The average molecular weight is 337 g/mol. The van der Waals surface area contributed by atoms with Gasteiger partial charge < -0.3 is 15.1 Å². The molecule has 3 N–H and O–H groups in total. The van der Waals surface area contributed by atoms with Gasteiger partial charge in [-0.1, -0.05) is 66.2 Å². The van der Waals surface area contributed by atoms with Crippen LogP contribution in [-0.2, 0) is 4.57 Å². The molecule has 0 unspecified atom stereocenters. The van der Waals surface area contributed by atoms with Crippen molar-refractivity contribution in [2.24, 2.45) is 11.8 Å². The maximum absolute atomic E-state index is 9.33. The molecule has 0 aliphatic heterocycles. The first kappa shape index (κ1) is 24.4. The molecule has 0 rings (SSSR count). The lowest BCUT2D eigenvalue weighted by atomic mass is 10.1. The fourth-order valence-electron chi connectivity index (χ4n) is 2.08. The van der Waals surface area contributed by atoms with Crippen LogP contribution in [0, 0.1) is 11.8 Å². The first-order valence-electron chi connectivity index (χ1n) is 8.86. The molecule has 4 nitrogen and oxygen atoms in total. The van der Waals surface area contributed by atoms with Crippen molar-refractivity contribution in [3.8, 4) is 0 Å². The normalized spacial score (nSPS) is 11.7. The summed E-state index contributed by atoms with van der Waals surface area (Å²) >= 11 is 0. The number of nitrogens with one attached hydrogen (secondary N) is 1. The Balaban J connectivity index is 0. The summed E-state index contributed by atoms with van der Waals surface area (Å²) in [5, 5.41) is 3.56. The molecule has 0 aromatic heterocycles. The number of unbranched alkanes of at least 4 members (excludes halogenated alkanes) is 4. The highest BCUT2D eigenvalue weighted by atomic mass is 31.2. The fourth-order valence-corrected chi connectivity index (χ4v) is 2.08. The van der Waals surface area contributed by atoms with Gasteiger partial charge in [0.1, 0.15) is 0 Å². The van der Waals surface area contributed by atoms with Gasteiger partial charge >= 0.3 is 7.60 Å². The molecule has 0 amide bonds. The molecular formula is C17H40NO3P. The largest absolute Gasteiger partial charge is 0.325 e. The molecule has 0 heterocycles. The minimum Gasteiger partial charge on any atom is -0.325 e. The molecule has 0 aliphatic rings. The second-order valence-corrected chi connectivity index (χ2v) is 8.74. The van der Waals surface area contributed by atoms with Gasteiger partial charge in [-0.05, 0) is 37.8 Å². The predicted octanol–water partition coefficient (Wildman–Crippen LogP) is 4.80. The fraction of sp³-hybridized carbons (Fsp3) is 1.00. The van der Waals surface area contributed by atoms with E-state index in [0.29, 0.717) is 0 Å². The smallest absolute Gasteiger partial charge is 0.322 e. The van der Waals surface area contributed by atoms with Gasteiger partial charge in [-0.3, -0.25) is 4.57 Å². The van der Waals surface area contributed by atoms with E-state index in [9.17, 15) is 4.57 Å². The molecule has 5 heteroatoms. The van der Waals surface area contributed by atoms with E-state index in [4.69, 9.17) is 9.79 Å². The Bertz CT molecular complexity index is 240. The van der Waals surface area contributed by atoms with E-state index in [1.54, 1.807) is 0 Å². The van der Waals surface area contributed by atoms with Crippen molar-refractivity contribution in [1.29, 1.82) is 0 Å². The summed E-state index contributed by atoms with van der Waals surface area (Å²) in [6, 6.07) is 0. The molecule has 0 saturated carbocycles. The van der Waals surface area contributed by atoms with Gasteiger partial charge in [-0.15, -0.1) is 0 Å². The third kappa shape index (κ3) is 36.9. The second-order valence-electron chi connectivity index (χ2n) is 7.07. The number of hydrogen-bond acceptors (Lipinski definition) is 2. The van der Waals surface area contributed by atoms with Crippen molar-refractivity contribution < 1.29 is 14.4 Å². The predicted molar refractivity (Wildman–Crippen MR) is 97.4 cm³/mol. The van der Waals surface area contributed by atoms with E-state index >= 15 is 0 Å². The first-order valence-corrected chi connectivity index (χ1v) is 10.9. The van der Waals surface area contributed by atoms with Gasteiger partial charge in [0.2, 0.25) is 0 Å². The zero-order valence-corrected chi connectivity index (χ0v) is 16.4. The lowest BCUT2D eigenvalue weighted by Crippen LogP contribution is -2.16. The first-order chi connectivity index (χ1) is 10.1. The van der Waals surface area contributed by atoms with Gasteiger partial charge in [0.15, 0.2) is 0 Å². The molecule has 22 heavy (non-hydrogen) atoms. The van der Waals surface area contributed by atoms with Gasteiger partial charge in [-0.2, -0.15) is 0 Å². The molecule has 0 aromatic carbocycles. The third-order valence-electron chi connectivity index (χ3n) is 3.27. The summed E-state index contributed by atoms with van der Waals surface area (Å²) in [5.74, 6) is 1.76. The third-order valence-corrected chi connectivity index (χ3v) is 3.27. The molecule has 0 aliphatic carbocycles. The molecule has 0 spiro atoms. The molecule has 0 atom stereocenters. The zero-order valence-electron chi connectivity index (χ0n) is 15.5. The molecule has 0 fully saturated rings. The summed E-state index contributed by atoms with van der Waals surface area (Å²) < 4.78 is 9.33. The number of rotatable bonds is 12. The van der Waals surface area contributed by atoms with Gasteiger partial charge in [0.25, 0.3) is 0 Å². The molecule has 136 valence electrons. The monoisotopic (exact) mass is 337 g/mol. The minimum atomic E-state index is -3.64. The van der Waals surface area contributed by atoms with E-state index < -0.39 is 7.60 Å². The van der Waals surface area contributed by atoms with Crippen LogP contribution in [0.4, 0.5) is 0 Å². The Labute approximate surface area is 138 Å². The highest BCUT2D eigenvalue weighted by molar-refractivity contribution is 7.50. The summed E-state index contributed by atoms with van der Waals surface area (Å²) in [7, 11) is -3.64. The lowest BCUT2D eigenvalue weighted by Gasteiger charge is -2.07. The van der Waals surface area contributed by atoms with E-state index in [1.807, 2.05) is 0 Å². The van der Waals surface area contributed by atoms with Crippen molar-refractivity contribution in [1.82, 2.24) is 5.32 Å². The Morgan fingerprint density at radius 3 is 1.36 bits per heavy atom. The number of hydrogen-bond donors (Lipinski definition) is 3. The van der Waals surface area contributed by atoms with Crippen LogP contribution in [0.2, 0.25) is 0 Å². The topological polar surface area (TPSA) is 69.6 Å². The molecule has 0 aromatic rings. The van der Waals surface area contributed by atoms with E-state index in [2.05, 4.69) is 33.0 Å². The van der Waals surface area contributed by atoms with Crippen LogP contribution >= 0.6 is 7.60 Å². The summed E-state index contributed by atoms with van der Waals surface area (Å²) in [5.41, 5.74) is 0. The maximum atomic E-state index is 9.33. The quantitative estimate of drug-likeness (QED) is 0.353. The van der Waals surface area contributed by atoms with Crippen LogP contribution < -0.4 is 5.32 Å². The summed E-state index contributed by atoms with van der Waals surface area (Å²) in [4.78, 5) is 15.3. The van der Waals surface area contributed by atoms with Crippen LogP contribution in [0.1, 0.15) is 79.1 Å². The van der Waals surface area contributed by atoms with Crippen LogP contribution in [0.3, 0.4) is 0 Å². The molecule has 0 bridgehead atoms. The highest BCUT2D eigenvalue weighted by Crippen LogP contribution is 2.26. The summed E-state index contributed by atoms with van der Waals surface area (Å²) in [6.45, 7) is 12.6. The Kier molecular flexibility index (Phi) is 17.7. The van der Waals surface area contributed by atoms with Crippen LogP contribution in [0.5, 0.6) is 0 Å². The van der Waals surface area contributed by atoms with Crippen molar-refractivity contribution in [3.63, 3.8) is 0 Å². The Morgan fingerprint density at radius 1 is 0.773 bits per heavy atom. The van der Waals surface area contributed by atoms with Crippen molar-refractivity contribution in [2.75, 3.05) is 19.8 Å². The van der Waals surface area contributed by atoms with Gasteiger partial charge in [0.05, 0.1) is 0 Å². The molecule has 0 radical (unpaired) electrons. The van der Waals surface area contributed by atoms with Crippen molar-refractivity contribution >= 4 is 7.60 Å². The van der Waals surface area contributed by atoms with E-state index in [1.165, 1.54) is 64.5 Å². The SMILES string of the molecule is CC(C)CCCCCNCCCCCC(C)C.CP(=O)(O)O. The zero-order chi connectivity index (χ0) is 17.4. The molecular weight excluding hydrogens is 297 g/mol. The van der Waals surface area contributed by atoms with Crippen molar-refractivity contribution in [3.05, 3.63) is 0 Å². The Hall–Kier alpha value is 0.110. The maximum Gasteiger partial charge on any atom is 0.322 e. The van der Waals surface area contributed by atoms with Gasteiger partial charge in [-0.25, -0.2) is 0 Å². The van der Waals surface area contributed by atoms with Crippen LogP contribution in [0.25, 0.3) is 0 Å². The average Bonchev–Trinajstić information content (AvgIpc) is 2.33. The Morgan fingerprint density at radius 2 is 1.09 bits per heavy atom. The lowest BCUT2D eigenvalue weighted by molar-refractivity contribution is 0.381. The molecule has 0 saturated heterocycles. The second kappa shape index (κ2) is 16.0. The van der Waals surface area contributed by atoms with E-state index in [-0.39, 0.29) is 0 Å². The summed E-state index contributed by atoms with van der Waals surface area (Å²) in [6.07, 6.45) is 11.1. The minimum absolute atomic E-state index is 0.854. The van der Waals surface area contributed by atoms with Crippen molar-refractivity contribution in [2.45, 2.75) is 79.1 Å². The van der Waals surface area contributed by atoms with Gasteiger partial charge in [0, 0.05) is 6.66 Å². The van der Waals surface area contributed by atoms with Crippen LogP contribution in [0.15, 0.2) is 0 Å².